The minimum Gasteiger partial charge on any atom is -0.405 e. The van der Waals surface area contributed by atoms with Crippen LogP contribution in [0, 0.1) is 5.82 Å². The maximum absolute atomic E-state index is 14.0. The molecule has 1 atom stereocenters. The molecular formula is C24H29FN6O3. The Kier molecular flexibility index (Phi) is 6.32. The van der Waals surface area contributed by atoms with Crippen LogP contribution < -0.4 is 15.0 Å². The molecule has 2 fully saturated rings. The Bertz CT molecular complexity index is 1180. The molecule has 3 aromatic rings. The lowest BCUT2D eigenvalue weighted by molar-refractivity contribution is 0.115. The molecule has 34 heavy (non-hydrogen) atoms. The fraction of sp³-hybridized carbons (Fsp3) is 0.500. The number of aliphatic hydroxyl groups is 1. The van der Waals surface area contributed by atoms with E-state index >= 15 is 0 Å². The summed E-state index contributed by atoms with van der Waals surface area (Å²) in [5, 5.41) is 16.8. The molecule has 0 spiro atoms. The van der Waals surface area contributed by atoms with Crippen molar-refractivity contribution in [3.8, 4) is 5.75 Å². The van der Waals surface area contributed by atoms with Gasteiger partial charge >= 0.3 is 6.09 Å². The molecule has 2 aliphatic rings. The Morgan fingerprint density at radius 1 is 1.26 bits per heavy atom. The Balaban J connectivity index is 1.36. The van der Waals surface area contributed by atoms with Gasteiger partial charge in [-0.2, -0.15) is 5.10 Å². The van der Waals surface area contributed by atoms with Crippen LogP contribution in [0.5, 0.6) is 5.75 Å². The summed E-state index contributed by atoms with van der Waals surface area (Å²) in [6.45, 7) is 2.80. The van der Waals surface area contributed by atoms with E-state index in [4.69, 9.17) is 9.72 Å². The molecule has 1 aliphatic heterocycles. The number of pyridine rings is 1. The van der Waals surface area contributed by atoms with Gasteiger partial charge in [0.2, 0.25) is 5.65 Å². The molecular weight excluding hydrogens is 439 g/mol. The van der Waals surface area contributed by atoms with Gasteiger partial charge in [0.15, 0.2) is 5.75 Å². The first-order valence-corrected chi connectivity index (χ1v) is 11.9. The first-order chi connectivity index (χ1) is 16.5. The SMILES string of the molecule is CCc1ncc(F)cc1[C@H]1CCCN1c1ccn2ncc(OC(=O)N[C@H]3CC[C@H](O)CC3)c2n1. The zero-order valence-electron chi connectivity index (χ0n) is 19.2. The molecule has 0 bridgehead atoms. The van der Waals surface area contributed by atoms with Crippen molar-refractivity contribution >= 4 is 17.6 Å². The number of hydrogen-bond acceptors (Lipinski definition) is 7. The Hall–Kier alpha value is -3.27. The van der Waals surface area contributed by atoms with Crippen LogP contribution in [0.4, 0.5) is 15.0 Å². The van der Waals surface area contributed by atoms with Crippen molar-refractivity contribution < 1.29 is 19.0 Å². The number of aryl methyl sites for hydroxylation is 1. The number of hydrogen-bond donors (Lipinski definition) is 2. The normalized spacial score (nSPS) is 22.8. The average molecular weight is 469 g/mol. The Labute approximate surface area is 197 Å². The van der Waals surface area contributed by atoms with Gasteiger partial charge in [-0.1, -0.05) is 6.92 Å². The number of carbonyl (C=O) groups is 1. The van der Waals surface area contributed by atoms with Gasteiger partial charge in [-0.05, 0) is 62.6 Å². The van der Waals surface area contributed by atoms with Crippen molar-refractivity contribution in [1.82, 2.24) is 24.9 Å². The van der Waals surface area contributed by atoms with Crippen molar-refractivity contribution in [1.29, 1.82) is 0 Å². The van der Waals surface area contributed by atoms with E-state index in [9.17, 15) is 14.3 Å². The molecule has 0 radical (unpaired) electrons. The Morgan fingerprint density at radius 2 is 2.09 bits per heavy atom. The molecule has 5 rings (SSSR count). The number of amides is 1. The zero-order chi connectivity index (χ0) is 23.7. The van der Waals surface area contributed by atoms with Crippen molar-refractivity contribution in [2.24, 2.45) is 0 Å². The number of halogens is 1. The predicted molar refractivity (Wildman–Crippen MR) is 123 cm³/mol. The van der Waals surface area contributed by atoms with Crippen molar-refractivity contribution in [2.75, 3.05) is 11.4 Å². The van der Waals surface area contributed by atoms with Gasteiger partial charge in [-0.25, -0.2) is 18.7 Å². The molecule has 10 heteroatoms. The molecule has 1 aliphatic carbocycles. The summed E-state index contributed by atoms with van der Waals surface area (Å²) in [6.07, 6.45) is 9.03. The van der Waals surface area contributed by atoms with E-state index in [0.717, 1.165) is 49.9 Å². The van der Waals surface area contributed by atoms with Gasteiger partial charge in [0.1, 0.15) is 11.6 Å². The molecule has 2 N–H and O–H groups in total. The number of aromatic nitrogens is 4. The largest absolute Gasteiger partial charge is 0.413 e. The number of rotatable bonds is 5. The topological polar surface area (TPSA) is 105 Å². The average Bonchev–Trinajstić information content (AvgIpc) is 3.48. The standard InChI is InChI=1S/C24H29FN6O3/c1-2-19-18(12-15(25)13-26-19)20-4-3-10-30(20)22-9-11-31-23(29-22)21(14-27-31)34-24(33)28-16-5-7-17(32)8-6-16/h9,11-14,16-17,20,32H,2-8,10H2,1H3,(H,28,33)/t16-,17-,20-/m1/s1. The van der Waals surface area contributed by atoms with E-state index in [0.29, 0.717) is 24.3 Å². The summed E-state index contributed by atoms with van der Waals surface area (Å²) < 4.78 is 21.1. The van der Waals surface area contributed by atoms with E-state index in [1.54, 1.807) is 16.8 Å². The highest BCUT2D eigenvalue weighted by Gasteiger charge is 2.30. The predicted octanol–water partition coefficient (Wildman–Crippen LogP) is 3.56. The molecule has 9 nitrogen and oxygen atoms in total. The van der Waals surface area contributed by atoms with E-state index in [1.807, 2.05) is 13.0 Å². The van der Waals surface area contributed by atoms with Gasteiger partial charge in [0, 0.05) is 24.5 Å². The van der Waals surface area contributed by atoms with Crippen LogP contribution in [0.1, 0.15) is 62.7 Å². The maximum Gasteiger partial charge on any atom is 0.413 e. The number of ether oxygens (including phenoxy) is 1. The van der Waals surface area contributed by atoms with Gasteiger partial charge in [0.25, 0.3) is 0 Å². The second-order valence-corrected chi connectivity index (χ2v) is 9.00. The van der Waals surface area contributed by atoms with Gasteiger partial charge < -0.3 is 20.1 Å². The van der Waals surface area contributed by atoms with E-state index < -0.39 is 6.09 Å². The third-order valence-electron chi connectivity index (χ3n) is 6.75. The van der Waals surface area contributed by atoms with Crippen LogP contribution in [0.2, 0.25) is 0 Å². The summed E-state index contributed by atoms with van der Waals surface area (Å²) in [4.78, 5) is 23.7. The number of nitrogens with zero attached hydrogens (tertiary/aromatic N) is 5. The molecule has 1 saturated carbocycles. The van der Waals surface area contributed by atoms with Crippen LogP contribution in [0.25, 0.3) is 5.65 Å². The second kappa shape index (κ2) is 9.54. The fourth-order valence-corrected chi connectivity index (χ4v) is 5.02. The third-order valence-corrected chi connectivity index (χ3v) is 6.75. The van der Waals surface area contributed by atoms with Crippen molar-refractivity contribution in [2.45, 2.75) is 70.1 Å². The first-order valence-electron chi connectivity index (χ1n) is 11.9. The van der Waals surface area contributed by atoms with Crippen LogP contribution in [0.15, 0.2) is 30.7 Å². The highest BCUT2D eigenvalue weighted by molar-refractivity contribution is 5.73. The van der Waals surface area contributed by atoms with E-state index in [-0.39, 0.29) is 29.8 Å². The smallest absolute Gasteiger partial charge is 0.405 e. The monoisotopic (exact) mass is 468 g/mol. The molecule has 1 saturated heterocycles. The van der Waals surface area contributed by atoms with Crippen molar-refractivity contribution in [3.63, 3.8) is 0 Å². The van der Waals surface area contributed by atoms with Crippen molar-refractivity contribution in [3.05, 3.63) is 47.8 Å². The van der Waals surface area contributed by atoms with E-state index in [2.05, 4.69) is 20.3 Å². The summed E-state index contributed by atoms with van der Waals surface area (Å²) in [5.41, 5.74) is 2.22. The molecule has 0 aromatic carbocycles. The summed E-state index contributed by atoms with van der Waals surface area (Å²) in [5.74, 6) is 0.647. The molecule has 0 unspecified atom stereocenters. The summed E-state index contributed by atoms with van der Waals surface area (Å²) in [7, 11) is 0. The number of carbonyl (C=O) groups excluding carboxylic acids is 1. The lowest BCUT2D eigenvalue weighted by Crippen LogP contribution is -2.40. The summed E-state index contributed by atoms with van der Waals surface area (Å²) in [6, 6.07) is 3.41. The second-order valence-electron chi connectivity index (χ2n) is 9.00. The number of aliphatic hydroxyl groups excluding tert-OH is 1. The molecule has 180 valence electrons. The van der Waals surface area contributed by atoms with Crippen LogP contribution in [-0.2, 0) is 6.42 Å². The summed E-state index contributed by atoms with van der Waals surface area (Å²) >= 11 is 0. The zero-order valence-corrected chi connectivity index (χ0v) is 19.2. The number of nitrogens with one attached hydrogen (secondary N) is 1. The fourth-order valence-electron chi connectivity index (χ4n) is 5.02. The van der Waals surface area contributed by atoms with E-state index in [1.165, 1.54) is 12.4 Å². The lowest BCUT2D eigenvalue weighted by atomic mass is 9.93. The minimum absolute atomic E-state index is 0.0146. The van der Waals surface area contributed by atoms with Crippen LogP contribution in [0.3, 0.4) is 0 Å². The number of anilines is 1. The molecule has 1 amide bonds. The van der Waals surface area contributed by atoms with Gasteiger partial charge in [0.05, 0.1) is 24.5 Å². The molecule has 4 heterocycles. The third kappa shape index (κ3) is 4.54. The Morgan fingerprint density at radius 3 is 2.88 bits per heavy atom. The molecule has 3 aromatic heterocycles. The van der Waals surface area contributed by atoms with Crippen LogP contribution in [-0.4, -0.2) is 49.5 Å². The lowest BCUT2D eigenvalue weighted by Gasteiger charge is -2.27. The van der Waals surface area contributed by atoms with Crippen LogP contribution >= 0.6 is 0 Å². The number of fused-ring (bicyclic) bond motifs is 1. The van der Waals surface area contributed by atoms with Gasteiger partial charge in [-0.15, -0.1) is 0 Å². The van der Waals surface area contributed by atoms with Gasteiger partial charge in [-0.3, -0.25) is 4.98 Å². The maximum atomic E-state index is 14.0. The highest BCUT2D eigenvalue weighted by atomic mass is 19.1. The minimum atomic E-state index is -0.555. The quantitative estimate of drug-likeness (QED) is 0.590. The highest BCUT2D eigenvalue weighted by Crippen LogP contribution is 2.37. The first kappa shape index (κ1) is 22.5.